The Kier molecular flexibility index (Phi) is 6.38. The molecule has 1 aromatic carbocycles. The number of benzene rings is 1. The SMILES string of the molecule is CC(C)(C)OC(=O)CON=C(C(=O)OS1(S)C=Nc2ccccc21)c1csc(N)n1. The first-order chi connectivity index (χ1) is 14.1. The maximum Gasteiger partial charge on any atom is 0.374 e. The second kappa shape index (κ2) is 8.66. The Labute approximate surface area is 183 Å². The third-order valence-electron chi connectivity index (χ3n) is 3.43. The number of hydrogen-bond acceptors (Lipinski definition) is 11. The molecule has 9 nitrogen and oxygen atoms in total. The third-order valence-corrected chi connectivity index (χ3v) is 6.98. The van der Waals surface area contributed by atoms with Gasteiger partial charge in [0.1, 0.15) is 11.3 Å². The summed E-state index contributed by atoms with van der Waals surface area (Å²) in [7, 11) is -2.40. The van der Waals surface area contributed by atoms with Crippen LogP contribution in [0, 0.1) is 0 Å². The number of para-hydroxylation sites is 1. The van der Waals surface area contributed by atoms with Gasteiger partial charge in [-0.05, 0) is 32.9 Å². The highest BCUT2D eigenvalue weighted by Gasteiger charge is 2.34. The van der Waals surface area contributed by atoms with Crippen LogP contribution in [0.1, 0.15) is 26.5 Å². The van der Waals surface area contributed by atoms with Crippen molar-refractivity contribution in [1.82, 2.24) is 4.98 Å². The van der Waals surface area contributed by atoms with Crippen LogP contribution in [0.25, 0.3) is 0 Å². The number of oxime groups is 1. The summed E-state index contributed by atoms with van der Waals surface area (Å²) in [6, 6.07) is 7.21. The molecular formula is C18H20N4O5S3. The van der Waals surface area contributed by atoms with Crippen LogP contribution in [0.2, 0.25) is 0 Å². The van der Waals surface area contributed by atoms with Gasteiger partial charge in [-0.15, -0.1) is 11.3 Å². The Morgan fingerprint density at radius 1 is 1.30 bits per heavy atom. The van der Waals surface area contributed by atoms with Crippen molar-refractivity contribution >= 4 is 66.4 Å². The van der Waals surface area contributed by atoms with Gasteiger partial charge >= 0.3 is 11.9 Å². The quantitative estimate of drug-likeness (QED) is 0.218. The fourth-order valence-electron chi connectivity index (χ4n) is 2.32. The van der Waals surface area contributed by atoms with Gasteiger partial charge < -0.3 is 19.5 Å². The summed E-state index contributed by atoms with van der Waals surface area (Å²) in [6.45, 7) is 4.69. The Morgan fingerprint density at radius 2 is 2.03 bits per heavy atom. The number of aromatic nitrogens is 1. The van der Waals surface area contributed by atoms with Gasteiger partial charge in [0.05, 0.1) is 16.1 Å². The molecule has 1 aromatic heterocycles. The normalized spacial score (nSPS) is 20.2. The van der Waals surface area contributed by atoms with Gasteiger partial charge in [0.2, 0.25) is 12.3 Å². The van der Waals surface area contributed by atoms with E-state index in [4.69, 9.17) is 19.5 Å². The van der Waals surface area contributed by atoms with E-state index in [2.05, 4.69) is 26.8 Å². The number of nitrogen functional groups attached to an aromatic ring is 1. The molecule has 1 aliphatic rings. The molecule has 0 aliphatic carbocycles. The van der Waals surface area contributed by atoms with E-state index in [0.717, 1.165) is 11.3 Å². The lowest BCUT2D eigenvalue weighted by Gasteiger charge is -2.26. The molecule has 0 saturated heterocycles. The topological polar surface area (TPSA) is 125 Å². The number of carbonyl (C=O) groups is 2. The highest BCUT2D eigenvalue weighted by molar-refractivity contribution is 8.91. The van der Waals surface area contributed by atoms with Gasteiger partial charge in [-0.1, -0.05) is 28.9 Å². The Morgan fingerprint density at radius 3 is 2.70 bits per heavy atom. The number of thiol groups is 1. The minimum Gasteiger partial charge on any atom is -0.457 e. The largest absolute Gasteiger partial charge is 0.457 e. The average Bonchev–Trinajstić information content (AvgIpc) is 3.21. The molecule has 0 fully saturated rings. The van der Waals surface area contributed by atoms with Crippen molar-refractivity contribution in [3.63, 3.8) is 0 Å². The predicted molar refractivity (Wildman–Crippen MR) is 120 cm³/mol. The molecule has 0 bridgehead atoms. The lowest BCUT2D eigenvalue weighted by molar-refractivity contribution is -0.160. The smallest absolute Gasteiger partial charge is 0.374 e. The standard InChI is InChI=1S/C18H20N4O5S3/c1-18(2,3)26-14(23)8-25-22-15(12-9-29-17(19)21-12)16(24)27-30(28)10-20-11-6-4-5-7-13(11)30/h4-7,9-10,28H,8H2,1-3H3,(H2,19,21). The molecule has 1 aliphatic heterocycles. The minimum atomic E-state index is -2.40. The first-order valence-corrected chi connectivity index (χ1v) is 12.2. The third kappa shape index (κ3) is 5.32. The van der Waals surface area contributed by atoms with Crippen LogP contribution in [0.5, 0.6) is 0 Å². The highest BCUT2D eigenvalue weighted by Crippen LogP contribution is 2.65. The summed E-state index contributed by atoms with van der Waals surface area (Å²) in [6.07, 6.45) is 0. The highest BCUT2D eigenvalue weighted by atomic mass is 33.1. The van der Waals surface area contributed by atoms with Crippen LogP contribution >= 0.6 is 32.3 Å². The van der Waals surface area contributed by atoms with Crippen molar-refractivity contribution < 1.29 is 23.3 Å². The molecule has 160 valence electrons. The molecule has 2 N–H and O–H groups in total. The maximum absolute atomic E-state index is 12.9. The van der Waals surface area contributed by atoms with E-state index in [1.165, 1.54) is 10.9 Å². The molecule has 2 heterocycles. The Hall–Kier alpha value is -2.57. The molecule has 12 heteroatoms. The molecule has 0 spiro atoms. The number of nitrogens with two attached hydrogens (primary N) is 1. The van der Waals surface area contributed by atoms with Crippen molar-refractivity contribution in [3.8, 4) is 0 Å². The second-order valence-corrected chi connectivity index (χ2v) is 11.5. The number of carbonyl (C=O) groups excluding carboxylic acids is 2. The summed E-state index contributed by atoms with van der Waals surface area (Å²) in [4.78, 5) is 38.8. The van der Waals surface area contributed by atoms with Crippen molar-refractivity contribution in [2.45, 2.75) is 31.3 Å². The molecule has 3 rings (SSSR count). The zero-order valence-corrected chi connectivity index (χ0v) is 18.9. The van der Waals surface area contributed by atoms with E-state index in [0.29, 0.717) is 10.6 Å². The Bertz CT molecular complexity index is 1030. The van der Waals surface area contributed by atoms with E-state index >= 15 is 0 Å². The monoisotopic (exact) mass is 468 g/mol. The number of thiazole rings is 1. The average molecular weight is 469 g/mol. The maximum atomic E-state index is 12.9. The van der Waals surface area contributed by atoms with Crippen molar-refractivity contribution in [3.05, 3.63) is 35.3 Å². The molecule has 0 saturated carbocycles. The molecule has 1 atom stereocenters. The molecular weight excluding hydrogens is 448 g/mol. The van der Waals surface area contributed by atoms with Crippen LogP contribution < -0.4 is 5.73 Å². The number of nitrogens with zero attached hydrogens (tertiary/aromatic N) is 3. The fraction of sp³-hybridized carbons (Fsp3) is 0.278. The van der Waals surface area contributed by atoms with Crippen LogP contribution in [0.3, 0.4) is 0 Å². The van der Waals surface area contributed by atoms with E-state index in [9.17, 15) is 9.59 Å². The number of anilines is 1. The van der Waals surface area contributed by atoms with Crippen LogP contribution in [0.15, 0.2) is 44.7 Å². The van der Waals surface area contributed by atoms with Crippen molar-refractivity contribution in [1.29, 1.82) is 0 Å². The summed E-state index contributed by atoms with van der Waals surface area (Å²) >= 11 is 5.68. The first-order valence-electron chi connectivity index (χ1n) is 8.63. The number of esters is 1. The molecule has 30 heavy (non-hydrogen) atoms. The van der Waals surface area contributed by atoms with E-state index < -0.39 is 33.5 Å². The number of fused-ring (bicyclic) bond motifs is 1. The number of ether oxygens (including phenoxy) is 1. The predicted octanol–water partition coefficient (Wildman–Crippen LogP) is 3.63. The molecule has 1 unspecified atom stereocenters. The number of aliphatic imine (C=N–C) groups is 1. The van der Waals surface area contributed by atoms with Gasteiger partial charge in [0.25, 0.3) is 0 Å². The second-order valence-electron chi connectivity index (χ2n) is 7.01. The number of hydrogen-bond donors (Lipinski definition) is 2. The zero-order valence-electron chi connectivity index (χ0n) is 16.4. The van der Waals surface area contributed by atoms with Crippen LogP contribution in [-0.4, -0.2) is 40.4 Å². The summed E-state index contributed by atoms with van der Waals surface area (Å²) in [5, 5.41) is 5.54. The van der Waals surface area contributed by atoms with Crippen molar-refractivity contribution in [2.75, 3.05) is 12.3 Å². The molecule has 0 radical (unpaired) electrons. The van der Waals surface area contributed by atoms with E-state index in [1.54, 1.807) is 39.0 Å². The zero-order chi connectivity index (χ0) is 21.9. The minimum absolute atomic E-state index is 0.159. The Balaban J connectivity index is 1.78. The lowest BCUT2D eigenvalue weighted by Crippen LogP contribution is -2.26. The van der Waals surface area contributed by atoms with E-state index in [1.807, 2.05) is 6.07 Å². The fourth-order valence-corrected chi connectivity index (χ4v) is 5.18. The molecule has 0 amide bonds. The van der Waals surface area contributed by atoms with Gasteiger partial charge in [0.15, 0.2) is 5.13 Å². The summed E-state index contributed by atoms with van der Waals surface area (Å²) in [5.74, 6) is -1.47. The summed E-state index contributed by atoms with van der Waals surface area (Å²) < 4.78 is 10.8. The first kappa shape index (κ1) is 22.1. The lowest BCUT2D eigenvalue weighted by atomic mass is 10.2. The van der Waals surface area contributed by atoms with Gasteiger partial charge in [-0.25, -0.2) is 19.6 Å². The van der Waals surface area contributed by atoms with E-state index in [-0.39, 0.29) is 16.5 Å². The van der Waals surface area contributed by atoms with Crippen LogP contribution in [0.4, 0.5) is 10.8 Å². The summed E-state index contributed by atoms with van der Waals surface area (Å²) in [5.41, 5.74) is 7.08. The van der Waals surface area contributed by atoms with Gasteiger partial charge in [-0.3, -0.25) is 0 Å². The number of rotatable bonds is 6. The molecule has 2 aromatic rings. The van der Waals surface area contributed by atoms with Gasteiger partial charge in [-0.2, -0.15) is 0 Å². The van der Waals surface area contributed by atoms with Crippen LogP contribution in [-0.2, 0) is 23.3 Å². The van der Waals surface area contributed by atoms with Gasteiger partial charge in [0, 0.05) is 14.7 Å². The van der Waals surface area contributed by atoms with Crippen molar-refractivity contribution in [2.24, 2.45) is 10.1 Å².